The summed E-state index contributed by atoms with van der Waals surface area (Å²) in [6.45, 7) is 4.12. The molecule has 0 unspecified atom stereocenters. The van der Waals surface area contributed by atoms with E-state index >= 15 is 0 Å². The van der Waals surface area contributed by atoms with E-state index in [0.29, 0.717) is 32.8 Å². The average Bonchev–Trinajstić information content (AvgIpc) is 2.46. The van der Waals surface area contributed by atoms with Gasteiger partial charge in [-0.25, -0.2) is 4.79 Å². The molecule has 2 aliphatic rings. The van der Waals surface area contributed by atoms with Crippen molar-refractivity contribution in [2.24, 2.45) is 0 Å². The SMILES string of the molecule is Nc1ccc2c(c1)CN(C(=O)N1CCOCC1)CC2. The Labute approximate surface area is 112 Å². The molecule has 2 heterocycles. The van der Waals surface area contributed by atoms with E-state index < -0.39 is 0 Å². The number of amides is 2. The smallest absolute Gasteiger partial charge is 0.320 e. The number of anilines is 1. The minimum absolute atomic E-state index is 0.122. The lowest BCUT2D eigenvalue weighted by molar-refractivity contribution is 0.0421. The number of ether oxygens (including phenoxy) is 1. The van der Waals surface area contributed by atoms with Crippen LogP contribution in [0.4, 0.5) is 10.5 Å². The Morgan fingerprint density at radius 2 is 1.89 bits per heavy atom. The summed E-state index contributed by atoms with van der Waals surface area (Å²) in [7, 11) is 0. The number of nitrogens with zero attached hydrogens (tertiary/aromatic N) is 2. The Kier molecular flexibility index (Phi) is 3.29. The maximum atomic E-state index is 12.4. The number of carbonyl (C=O) groups excluding carboxylic acids is 1. The summed E-state index contributed by atoms with van der Waals surface area (Å²) < 4.78 is 5.28. The topological polar surface area (TPSA) is 58.8 Å². The van der Waals surface area contributed by atoms with Gasteiger partial charge in [-0.3, -0.25) is 0 Å². The highest BCUT2D eigenvalue weighted by Gasteiger charge is 2.26. The number of nitrogens with two attached hydrogens (primary N) is 1. The molecule has 5 heteroatoms. The number of hydrogen-bond donors (Lipinski definition) is 1. The van der Waals surface area contributed by atoms with Gasteiger partial charge < -0.3 is 20.3 Å². The van der Waals surface area contributed by atoms with Gasteiger partial charge in [-0.05, 0) is 29.7 Å². The number of rotatable bonds is 0. The summed E-state index contributed by atoms with van der Waals surface area (Å²) in [5.41, 5.74) is 9.06. The molecule has 0 bridgehead atoms. The van der Waals surface area contributed by atoms with Crippen molar-refractivity contribution in [2.75, 3.05) is 38.6 Å². The first kappa shape index (κ1) is 12.3. The van der Waals surface area contributed by atoms with Crippen LogP contribution in [0.5, 0.6) is 0 Å². The molecular formula is C14H19N3O2. The molecule has 0 spiro atoms. The molecule has 0 saturated carbocycles. The molecule has 102 valence electrons. The van der Waals surface area contributed by atoms with E-state index in [1.165, 1.54) is 11.1 Å². The molecule has 0 radical (unpaired) electrons. The van der Waals surface area contributed by atoms with Gasteiger partial charge in [0.05, 0.1) is 13.2 Å². The van der Waals surface area contributed by atoms with Crippen LogP contribution >= 0.6 is 0 Å². The molecule has 2 N–H and O–H groups in total. The van der Waals surface area contributed by atoms with E-state index in [0.717, 1.165) is 18.7 Å². The van der Waals surface area contributed by atoms with Crippen molar-refractivity contribution in [2.45, 2.75) is 13.0 Å². The van der Waals surface area contributed by atoms with Gasteiger partial charge in [0.1, 0.15) is 0 Å². The number of benzene rings is 1. The van der Waals surface area contributed by atoms with E-state index in [1.54, 1.807) is 0 Å². The quantitative estimate of drug-likeness (QED) is 0.711. The molecule has 0 atom stereocenters. The number of hydrogen-bond acceptors (Lipinski definition) is 3. The maximum Gasteiger partial charge on any atom is 0.320 e. The highest BCUT2D eigenvalue weighted by molar-refractivity contribution is 5.75. The number of urea groups is 1. The highest BCUT2D eigenvalue weighted by Crippen LogP contribution is 2.22. The molecule has 3 rings (SSSR count). The predicted octanol–water partition coefficient (Wildman–Crippen LogP) is 1.08. The normalized spacial score (nSPS) is 19.2. The van der Waals surface area contributed by atoms with Gasteiger partial charge >= 0.3 is 6.03 Å². The van der Waals surface area contributed by atoms with Crippen LogP contribution in [0.25, 0.3) is 0 Å². The standard InChI is InChI=1S/C14H19N3O2/c15-13-2-1-11-3-4-17(10-12(11)9-13)14(18)16-5-7-19-8-6-16/h1-2,9H,3-8,10,15H2. The van der Waals surface area contributed by atoms with Crippen LogP contribution in [0.1, 0.15) is 11.1 Å². The molecule has 2 amide bonds. The fourth-order valence-electron chi connectivity index (χ4n) is 2.69. The molecule has 2 aliphatic heterocycles. The van der Waals surface area contributed by atoms with Crippen LogP contribution in [-0.4, -0.2) is 48.7 Å². The van der Waals surface area contributed by atoms with Crippen molar-refractivity contribution in [1.29, 1.82) is 0 Å². The van der Waals surface area contributed by atoms with Gasteiger partial charge in [0.2, 0.25) is 0 Å². The van der Waals surface area contributed by atoms with Crippen molar-refractivity contribution in [3.05, 3.63) is 29.3 Å². The second kappa shape index (κ2) is 5.09. The van der Waals surface area contributed by atoms with Crippen LogP contribution in [-0.2, 0) is 17.7 Å². The highest BCUT2D eigenvalue weighted by atomic mass is 16.5. The largest absolute Gasteiger partial charge is 0.399 e. The first-order valence-corrected chi connectivity index (χ1v) is 6.73. The Hall–Kier alpha value is -1.75. The first-order chi connectivity index (χ1) is 9.24. The van der Waals surface area contributed by atoms with Crippen molar-refractivity contribution < 1.29 is 9.53 Å². The summed E-state index contributed by atoms with van der Waals surface area (Å²) in [6.07, 6.45) is 0.908. The van der Waals surface area contributed by atoms with Crippen LogP contribution in [0.3, 0.4) is 0 Å². The maximum absolute atomic E-state index is 12.4. The Morgan fingerprint density at radius 3 is 2.68 bits per heavy atom. The third-order valence-corrected chi connectivity index (χ3v) is 3.79. The van der Waals surface area contributed by atoms with Gasteiger partial charge in [0.25, 0.3) is 0 Å². The van der Waals surface area contributed by atoms with Crippen molar-refractivity contribution >= 4 is 11.7 Å². The second-order valence-corrected chi connectivity index (χ2v) is 5.08. The molecule has 5 nitrogen and oxygen atoms in total. The summed E-state index contributed by atoms with van der Waals surface area (Å²) >= 11 is 0. The summed E-state index contributed by atoms with van der Waals surface area (Å²) in [6, 6.07) is 6.10. The number of fused-ring (bicyclic) bond motifs is 1. The third kappa shape index (κ3) is 2.51. The van der Waals surface area contributed by atoms with E-state index in [1.807, 2.05) is 21.9 Å². The Balaban J connectivity index is 1.72. The molecule has 0 aliphatic carbocycles. The molecule has 1 aromatic rings. The van der Waals surface area contributed by atoms with Crippen LogP contribution in [0, 0.1) is 0 Å². The summed E-state index contributed by atoms with van der Waals surface area (Å²) in [5.74, 6) is 0. The molecular weight excluding hydrogens is 242 g/mol. The molecule has 0 aromatic heterocycles. The summed E-state index contributed by atoms with van der Waals surface area (Å²) in [5, 5.41) is 0. The Morgan fingerprint density at radius 1 is 1.11 bits per heavy atom. The average molecular weight is 261 g/mol. The third-order valence-electron chi connectivity index (χ3n) is 3.79. The van der Waals surface area contributed by atoms with Gasteiger partial charge in [-0.1, -0.05) is 6.07 Å². The monoisotopic (exact) mass is 261 g/mol. The zero-order chi connectivity index (χ0) is 13.2. The minimum atomic E-state index is 0.122. The number of nitrogen functional groups attached to an aromatic ring is 1. The second-order valence-electron chi connectivity index (χ2n) is 5.08. The first-order valence-electron chi connectivity index (χ1n) is 6.73. The summed E-state index contributed by atoms with van der Waals surface area (Å²) in [4.78, 5) is 16.2. The van der Waals surface area contributed by atoms with Crippen molar-refractivity contribution in [1.82, 2.24) is 9.80 Å². The zero-order valence-corrected chi connectivity index (χ0v) is 11.0. The van der Waals surface area contributed by atoms with Gasteiger partial charge in [-0.15, -0.1) is 0 Å². The number of morpholine rings is 1. The molecule has 19 heavy (non-hydrogen) atoms. The zero-order valence-electron chi connectivity index (χ0n) is 11.0. The molecule has 1 fully saturated rings. The lowest BCUT2D eigenvalue weighted by Crippen LogP contribution is -2.49. The van der Waals surface area contributed by atoms with Crippen molar-refractivity contribution in [3.8, 4) is 0 Å². The lowest BCUT2D eigenvalue weighted by atomic mass is 9.99. The van der Waals surface area contributed by atoms with Crippen molar-refractivity contribution in [3.63, 3.8) is 0 Å². The van der Waals surface area contributed by atoms with E-state index in [-0.39, 0.29) is 6.03 Å². The molecule has 1 saturated heterocycles. The van der Waals surface area contributed by atoms with Gasteiger partial charge in [0.15, 0.2) is 0 Å². The van der Waals surface area contributed by atoms with E-state index in [9.17, 15) is 4.79 Å². The van der Waals surface area contributed by atoms with E-state index in [2.05, 4.69) is 6.07 Å². The van der Waals surface area contributed by atoms with E-state index in [4.69, 9.17) is 10.5 Å². The fourth-order valence-corrected chi connectivity index (χ4v) is 2.69. The van der Waals surface area contributed by atoms with Crippen LogP contribution in [0.2, 0.25) is 0 Å². The Bertz CT molecular complexity index is 484. The lowest BCUT2D eigenvalue weighted by Gasteiger charge is -2.35. The van der Waals surface area contributed by atoms with Crippen LogP contribution in [0.15, 0.2) is 18.2 Å². The predicted molar refractivity (Wildman–Crippen MR) is 72.8 cm³/mol. The minimum Gasteiger partial charge on any atom is -0.399 e. The van der Waals surface area contributed by atoms with Gasteiger partial charge in [-0.2, -0.15) is 0 Å². The van der Waals surface area contributed by atoms with Gasteiger partial charge in [0, 0.05) is 31.9 Å². The fraction of sp³-hybridized carbons (Fsp3) is 0.500. The van der Waals surface area contributed by atoms with Crippen LogP contribution < -0.4 is 5.73 Å². The number of carbonyl (C=O) groups is 1. The molecule has 1 aromatic carbocycles.